The Hall–Kier alpha value is 1.28. The van der Waals surface area contributed by atoms with Crippen LogP contribution in [-0.2, 0) is 12.5 Å². The molecule has 0 heterocycles. The molecule has 0 aliphatic carbocycles. The average molecular weight is 224 g/mol. The molecule has 0 rings (SSSR count). The van der Waals surface area contributed by atoms with E-state index < -0.39 is 8.07 Å². The van der Waals surface area contributed by atoms with Gasteiger partial charge >= 0.3 is 0 Å². The standard InChI is InChI=1S/C3H12O3S4/c1-4-10(8,5-2,6-3)9-7/h7-8,10H,1-3H3. The monoisotopic (exact) mass is 224 g/mol. The summed E-state index contributed by atoms with van der Waals surface area (Å²) in [7, 11) is 2.28. The molecule has 0 fully saturated rings. The third-order valence-electron chi connectivity index (χ3n) is 1.05. The zero-order chi connectivity index (χ0) is 8.28. The number of hydrogen-bond donors (Lipinski definition) is 3. The minimum absolute atomic E-state index is 1.04. The van der Waals surface area contributed by atoms with Gasteiger partial charge in [-0.3, -0.25) is 0 Å². The second-order valence-electron chi connectivity index (χ2n) is 1.40. The molecule has 0 aliphatic heterocycles. The molecule has 66 valence electrons. The number of hydrogen-bond acceptors (Lipinski definition) is 6. The fraction of sp³-hybridized carbons (Fsp3) is 1.00. The summed E-state index contributed by atoms with van der Waals surface area (Å²) >= 11 is 8.11. The fourth-order valence-electron chi connectivity index (χ4n) is 0.324. The summed E-state index contributed by atoms with van der Waals surface area (Å²) in [6.07, 6.45) is 0. The Bertz CT molecular complexity index is 90.8. The smallest absolute Gasteiger partial charge is 0.0525 e. The molecular weight excluding hydrogens is 212 g/mol. The highest BCUT2D eigenvalue weighted by molar-refractivity contribution is 9.36. The molecule has 0 spiro atoms. The summed E-state index contributed by atoms with van der Waals surface area (Å²) in [5, 5.41) is 0. The van der Waals surface area contributed by atoms with Crippen molar-refractivity contribution < 1.29 is 12.5 Å². The third-order valence-corrected chi connectivity index (χ3v) is 11.2. The maximum absolute atomic E-state index is 5.01. The van der Waals surface area contributed by atoms with Gasteiger partial charge in [-0.1, -0.05) is 23.3 Å². The first kappa shape index (κ1) is 11.3. The van der Waals surface area contributed by atoms with Gasteiger partial charge in [0.05, 0.1) is 21.3 Å². The molecule has 0 aliphatic rings. The van der Waals surface area contributed by atoms with Crippen LogP contribution in [-0.4, -0.2) is 21.3 Å². The highest BCUT2D eigenvalue weighted by atomic mass is 33.8. The summed E-state index contributed by atoms with van der Waals surface area (Å²) in [6.45, 7) is 0. The summed E-state index contributed by atoms with van der Waals surface area (Å²) in [6, 6.07) is 0. The van der Waals surface area contributed by atoms with Crippen molar-refractivity contribution in [2.24, 2.45) is 0 Å². The van der Waals surface area contributed by atoms with Crippen molar-refractivity contribution in [3.8, 4) is 0 Å². The summed E-state index contributed by atoms with van der Waals surface area (Å²) in [5.74, 6) is 0. The SMILES string of the molecule is CO[SH](S)(OC)(OC)SS. The van der Waals surface area contributed by atoms with Crippen LogP contribution in [0.1, 0.15) is 0 Å². The maximum atomic E-state index is 5.01. The van der Waals surface area contributed by atoms with Gasteiger partial charge in [0.15, 0.2) is 0 Å². The third kappa shape index (κ3) is 2.13. The van der Waals surface area contributed by atoms with E-state index in [4.69, 9.17) is 12.5 Å². The first-order valence-electron chi connectivity index (χ1n) is 2.34. The maximum Gasteiger partial charge on any atom is 0.0525 e. The predicted octanol–water partition coefficient (Wildman–Crippen LogP) is 2.08. The second-order valence-corrected chi connectivity index (χ2v) is 10.9. The van der Waals surface area contributed by atoms with Gasteiger partial charge in [0.1, 0.15) is 0 Å². The Balaban J connectivity index is 4.42. The predicted molar refractivity (Wildman–Crippen MR) is 55.6 cm³/mol. The number of thiol groups is 3. The van der Waals surface area contributed by atoms with Crippen molar-refractivity contribution in [1.82, 2.24) is 0 Å². The number of rotatable bonds is 4. The first-order valence-corrected chi connectivity index (χ1v) is 7.95. The van der Waals surface area contributed by atoms with Crippen LogP contribution < -0.4 is 0 Å². The lowest BCUT2D eigenvalue weighted by molar-refractivity contribution is 0.260. The highest BCUT2D eigenvalue weighted by Gasteiger charge is 2.33. The van der Waals surface area contributed by atoms with E-state index in [1.54, 1.807) is 0 Å². The molecule has 0 saturated heterocycles. The van der Waals surface area contributed by atoms with E-state index in [0.717, 1.165) is 9.83 Å². The van der Waals surface area contributed by atoms with Gasteiger partial charge in [-0.25, -0.2) is 0 Å². The van der Waals surface area contributed by atoms with Crippen molar-refractivity contribution >= 4 is 41.2 Å². The van der Waals surface area contributed by atoms with Crippen LogP contribution >= 0.6 is 41.2 Å². The Morgan fingerprint density at radius 2 is 1.40 bits per heavy atom. The van der Waals surface area contributed by atoms with E-state index in [0.29, 0.717) is 0 Å². The molecule has 0 aromatic rings. The molecule has 0 aromatic carbocycles. The molecule has 0 N–H and O–H groups in total. The van der Waals surface area contributed by atoms with Gasteiger partial charge in [-0.05, 0) is 0 Å². The summed E-state index contributed by atoms with van der Waals surface area (Å²) in [4.78, 5) is 0. The minimum Gasteiger partial charge on any atom is -0.302 e. The van der Waals surface area contributed by atoms with Gasteiger partial charge in [0.25, 0.3) is 0 Å². The minimum atomic E-state index is -3.18. The van der Waals surface area contributed by atoms with E-state index in [2.05, 4.69) is 23.3 Å². The summed E-state index contributed by atoms with van der Waals surface area (Å²) in [5.41, 5.74) is 0. The van der Waals surface area contributed by atoms with Crippen LogP contribution in [0.4, 0.5) is 0 Å². The van der Waals surface area contributed by atoms with Crippen LogP contribution in [0.5, 0.6) is 0 Å². The topological polar surface area (TPSA) is 27.7 Å². The van der Waals surface area contributed by atoms with Gasteiger partial charge in [-0.2, -0.15) is 0 Å². The molecule has 0 amide bonds. The molecule has 0 aromatic heterocycles. The van der Waals surface area contributed by atoms with Crippen LogP contribution in [0, 0.1) is 0 Å². The van der Waals surface area contributed by atoms with E-state index in [-0.39, 0.29) is 0 Å². The van der Waals surface area contributed by atoms with Crippen LogP contribution in [0.25, 0.3) is 0 Å². The molecular formula is C3H12O3S4. The average Bonchev–Trinajstić information content (AvgIpc) is 2.04. The second kappa shape index (κ2) is 3.79. The molecule has 3 nitrogen and oxygen atoms in total. The van der Waals surface area contributed by atoms with Gasteiger partial charge in [-0.15, -0.1) is 0 Å². The van der Waals surface area contributed by atoms with Crippen molar-refractivity contribution in [2.75, 3.05) is 21.3 Å². The highest BCUT2D eigenvalue weighted by Crippen LogP contribution is 2.85. The molecule has 0 unspecified atom stereocenters. The van der Waals surface area contributed by atoms with E-state index in [1.165, 1.54) is 21.3 Å². The van der Waals surface area contributed by atoms with Crippen molar-refractivity contribution in [3.05, 3.63) is 0 Å². The Morgan fingerprint density at radius 3 is 1.40 bits per heavy atom. The van der Waals surface area contributed by atoms with Gasteiger partial charge in [0, 0.05) is 17.9 Å². The van der Waals surface area contributed by atoms with E-state index in [1.807, 2.05) is 0 Å². The molecule has 0 atom stereocenters. The molecule has 0 saturated carbocycles. The molecule has 0 radical (unpaired) electrons. The normalized spacial score (nSPS) is 16.3. The van der Waals surface area contributed by atoms with Crippen LogP contribution in [0.15, 0.2) is 0 Å². The molecule has 10 heavy (non-hydrogen) atoms. The van der Waals surface area contributed by atoms with Crippen molar-refractivity contribution in [1.29, 1.82) is 0 Å². The van der Waals surface area contributed by atoms with Crippen LogP contribution in [0.3, 0.4) is 0 Å². The zero-order valence-corrected chi connectivity index (χ0v) is 9.47. The van der Waals surface area contributed by atoms with Gasteiger partial charge in [0.2, 0.25) is 0 Å². The lowest BCUT2D eigenvalue weighted by Gasteiger charge is -2.51. The van der Waals surface area contributed by atoms with Crippen LogP contribution in [0.2, 0.25) is 0 Å². The summed E-state index contributed by atoms with van der Waals surface area (Å²) < 4.78 is 15.0. The molecule has 0 bridgehead atoms. The Morgan fingerprint density at radius 1 is 1.10 bits per heavy atom. The lowest BCUT2D eigenvalue weighted by Crippen LogP contribution is -2.11. The van der Waals surface area contributed by atoms with E-state index in [9.17, 15) is 0 Å². The van der Waals surface area contributed by atoms with E-state index >= 15 is 0 Å². The van der Waals surface area contributed by atoms with Gasteiger partial charge < -0.3 is 12.5 Å². The zero-order valence-electron chi connectivity index (χ0n) is 5.97. The van der Waals surface area contributed by atoms with Crippen molar-refractivity contribution in [3.63, 3.8) is 0 Å². The lowest BCUT2D eigenvalue weighted by atomic mass is 11.8. The largest absolute Gasteiger partial charge is 0.302 e. The molecule has 7 heteroatoms. The Labute approximate surface area is 75.1 Å². The first-order chi connectivity index (χ1) is 4.54. The quantitative estimate of drug-likeness (QED) is 0.503. The Kier molecular flexibility index (Phi) is 4.28. The fourth-order valence-corrected chi connectivity index (χ4v) is 3.37. The van der Waals surface area contributed by atoms with Crippen molar-refractivity contribution in [2.45, 2.75) is 0 Å².